The van der Waals surface area contributed by atoms with Crippen LogP contribution in [0.2, 0.25) is 0 Å². The molecule has 2 N–H and O–H groups in total. The summed E-state index contributed by atoms with van der Waals surface area (Å²) in [6.45, 7) is 0.904. The molecule has 0 spiro atoms. The molecule has 5 heteroatoms. The van der Waals surface area contributed by atoms with E-state index >= 15 is 0 Å². The van der Waals surface area contributed by atoms with Gasteiger partial charge >= 0.3 is 0 Å². The van der Waals surface area contributed by atoms with Crippen LogP contribution in [0.5, 0.6) is 5.75 Å². The number of ether oxygens (including phenoxy) is 2. The minimum atomic E-state index is 0.319. The molecule has 0 saturated carbocycles. The molecule has 0 saturated heterocycles. The lowest BCUT2D eigenvalue weighted by Crippen LogP contribution is -2.11. The van der Waals surface area contributed by atoms with Crippen LogP contribution in [0, 0.1) is 0 Å². The van der Waals surface area contributed by atoms with Crippen LogP contribution in [0.3, 0.4) is 0 Å². The summed E-state index contributed by atoms with van der Waals surface area (Å²) >= 11 is 4.95. The average molecular weight is 277 g/mol. The van der Waals surface area contributed by atoms with Crippen molar-refractivity contribution in [1.29, 1.82) is 0 Å². The Hall–Kier alpha value is -1.85. The van der Waals surface area contributed by atoms with E-state index in [4.69, 9.17) is 31.8 Å². The minimum absolute atomic E-state index is 0.319. The van der Waals surface area contributed by atoms with Crippen molar-refractivity contribution >= 4 is 17.2 Å². The molecular formula is C14H15NO3S. The van der Waals surface area contributed by atoms with Crippen LogP contribution >= 0.6 is 12.2 Å². The average Bonchev–Trinajstić information content (AvgIpc) is 2.91. The van der Waals surface area contributed by atoms with Gasteiger partial charge < -0.3 is 19.6 Å². The zero-order chi connectivity index (χ0) is 13.7. The molecule has 0 aliphatic rings. The molecule has 0 bridgehead atoms. The normalized spacial score (nSPS) is 10.4. The lowest BCUT2D eigenvalue weighted by molar-refractivity contribution is 0.0928. The summed E-state index contributed by atoms with van der Waals surface area (Å²) in [5.41, 5.74) is 7.33. The summed E-state index contributed by atoms with van der Waals surface area (Å²) in [7, 11) is 1.59. The number of benzene rings is 1. The Morgan fingerprint density at radius 3 is 2.79 bits per heavy atom. The number of thiocarbonyl (C=S) groups is 1. The highest BCUT2D eigenvalue weighted by molar-refractivity contribution is 7.80. The number of rotatable bonds is 6. The van der Waals surface area contributed by atoms with Gasteiger partial charge in [-0.15, -0.1) is 0 Å². The van der Waals surface area contributed by atoms with E-state index in [0.717, 1.165) is 16.9 Å². The molecule has 19 heavy (non-hydrogen) atoms. The van der Waals surface area contributed by atoms with Gasteiger partial charge in [-0.1, -0.05) is 18.3 Å². The molecule has 1 aromatic heterocycles. The van der Waals surface area contributed by atoms with Gasteiger partial charge in [0.15, 0.2) is 0 Å². The monoisotopic (exact) mass is 277 g/mol. The maximum absolute atomic E-state index is 5.61. The zero-order valence-corrected chi connectivity index (χ0v) is 11.4. The van der Waals surface area contributed by atoms with E-state index in [1.165, 1.54) is 0 Å². The van der Waals surface area contributed by atoms with Crippen LogP contribution in [0.15, 0.2) is 41.0 Å². The van der Waals surface area contributed by atoms with Gasteiger partial charge in [-0.2, -0.15) is 0 Å². The summed E-state index contributed by atoms with van der Waals surface area (Å²) in [5.74, 6) is 1.46. The molecule has 1 heterocycles. The van der Waals surface area contributed by atoms with Gasteiger partial charge in [-0.05, 0) is 29.8 Å². The molecule has 0 atom stereocenters. The highest BCUT2D eigenvalue weighted by Gasteiger charge is 2.07. The molecule has 0 aliphatic heterocycles. The van der Waals surface area contributed by atoms with Gasteiger partial charge in [0, 0.05) is 0 Å². The maximum Gasteiger partial charge on any atom is 0.129 e. The Balaban J connectivity index is 1.99. The third kappa shape index (κ3) is 3.56. The van der Waals surface area contributed by atoms with Crippen molar-refractivity contribution in [2.24, 2.45) is 5.73 Å². The van der Waals surface area contributed by atoms with Crippen molar-refractivity contribution in [3.05, 3.63) is 53.5 Å². The molecule has 0 aliphatic carbocycles. The largest absolute Gasteiger partial charge is 0.496 e. The minimum Gasteiger partial charge on any atom is -0.496 e. The summed E-state index contributed by atoms with van der Waals surface area (Å²) in [6, 6.07) is 9.33. The van der Waals surface area contributed by atoms with Crippen molar-refractivity contribution in [3.8, 4) is 5.75 Å². The highest BCUT2D eigenvalue weighted by atomic mass is 32.1. The Labute approximate surface area is 117 Å². The third-order valence-electron chi connectivity index (χ3n) is 2.62. The molecule has 0 unspecified atom stereocenters. The van der Waals surface area contributed by atoms with Gasteiger partial charge in [-0.3, -0.25) is 0 Å². The molecule has 2 aromatic rings. The van der Waals surface area contributed by atoms with Crippen LogP contribution in [0.25, 0.3) is 0 Å². The lowest BCUT2D eigenvalue weighted by atomic mass is 10.1. The Bertz CT molecular complexity index is 552. The smallest absolute Gasteiger partial charge is 0.129 e. The molecular weight excluding hydrogens is 262 g/mol. The Morgan fingerprint density at radius 2 is 2.16 bits per heavy atom. The maximum atomic E-state index is 5.61. The van der Waals surface area contributed by atoms with Crippen LogP contribution in [0.4, 0.5) is 0 Å². The fraction of sp³-hybridized carbons (Fsp3) is 0.214. The second-order valence-corrected chi connectivity index (χ2v) is 4.41. The number of nitrogens with two attached hydrogens (primary N) is 1. The van der Waals surface area contributed by atoms with E-state index in [1.807, 2.05) is 30.3 Å². The summed E-state index contributed by atoms with van der Waals surface area (Å²) in [4.78, 5) is 0.319. The number of hydrogen-bond donors (Lipinski definition) is 1. The van der Waals surface area contributed by atoms with Crippen LogP contribution in [-0.2, 0) is 18.0 Å². The van der Waals surface area contributed by atoms with E-state index in [-0.39, 0.29) is 0 Å². The van der Waals surface area contributed by atoms with Crippen LogP contribution in [-0.4, -0.2) is 12.1 Å². The molecule has 4 nitrogen and oxygen atoms in total. The van der Waals surface area contributed by atoms with Crippen molar-refractivity contribution in [1.82, 2.24) is 0 Å². The first kappa shape index (κ1) is 13.6. The second-order valence-electron chi connectivity index (χ2n) is 3.97. The number of furan rings is 1. The first-order chi connectivity index (χ1) is 9.20. The van der Waals surface area contributed by atoms with E-state index in [9.17, 15) is 0 Å². The first-order valence-electron chi connectivity index (χ1n) is 5.77. The fourth-order valence-corrected chi connectivity index (χ4v) is 1.86. The zero-order valence-electron chi connectivity index (χ0n) is 10.6. The lowest BCUT2D eigenvalue weighted by Gasteiger charge is -2.09. The number of methoxy groups -OCH3 is 1. The van der Waals surface area contributed by atoms with Crippen molar-refractivity contribution in [2.75, 3.05) is 7.11 Å². The van der Waals surface area contributed by atoms with E-state index in [2.05, 4.69) is 0 Å². The molecule has 0 amide bonds. The molecule has 1 aromatic carbocycles. The predicted molar refractivity (Wildman–Crippen MR) is 76.1 cm³/mol. The van der Waals surface area contributed by atoms with Crippen LogP contribution < -0.4 is 10.5 Å². The molecule has 0 fully saturated rings. The summed E-state index contributed by atoms with van der Waals surface area (Å²) < 4.78 is 16.0. The first-order valence-corrected chi connectivity index (χ1v) is 6.18. The van der Waals surface area contributed by atoms with Gasteiger partial charge in [0.2, 0.25) is 0 Å². The molecule has 2 rings (SSSR count). The van der Waals surface area contributed by atoms with Gasteiger partial charge in [-0.25, -0.2) is 0 Å². The molecule has 0 radical (unpaired) electrons. The van der Waals surface area contributed by atoms with E-state index in [1.54, 1.807) is 13.4 Å². The third-order valence-corrected chi connectivity index (χ3v) is 2.84. The highest BCUT2D eigenvalue weighted by Crippen LogP contribution is 2.21. The van der Waals surface area contributed by atoms with Crippen LogP contribution in [0.1, 0.15) is 16.9 Å². The van der Waals surface area contributed by atoms with Gasteiger partial charge in [0.1, 0.15) is 23.1 Å². The SMILES string of the molecule is COc1cc(COCc2ccco2)ccc1C(N)=S. The van der Waals surface area contributed by atoms with Gasteiger partial charge in [0.05, 0.1) is 25.5 Å². The summed E-state index contributed by atoms with van der Waals surface area (Å²) in [5, 5.41) is 0. The molecule has 100 valence electrons. The standard InChI is InChI=1S/C14H15NO3S/c1-16-13-7-10(4-5-12(13)14(15)19)8-17-9-11-3-2-6-18-11/h2-7H,8-9H2,1H3,(H2,15,19). The second kappa shape index (κ2) is 6.36. The van der Waals surface area contributed by atoms with Crippen molar-refractivity contribution in [2.45, 2.75) is 13.2 Å². The quantitative estimate of drug-likeness (QED) is 0.823. The van der Waals surface area contributed by atoms with Gasteiger partial charge in [0.25, 0.3) is 0 Å². The topological polar surface area (TPSA) is 57.6 Å². The number of hydrogen-bond acceptors (Lipinski definition) is 4. The van der Waals surface area contributed by atoms with Crippen molar-refractivity contribution < 1.29 is 13.9 Å². The van der Waals surface area contributed by atoms with E-state index < -0.39 is 0 Å². The predicted octanol–water partition coefficient (Wildman–Crippen LogP) is 2.64. The summed E-state index contributed by atoms with van der Waals surface area (Å²) in [6.07, 6.45) is 1.62. The Morgan fingerprint density at radius 1 is 1.32 bits per heavy atom. The Kier molecular flexibility index (Phi) is 4.54. The fourth-order valence-electron chi connectivity index (χ4n) is 1.69. The van der Waals surface area contributed by atoms with E-state index in [0.29, 0.717) is 24.0 Å². The van der Waals surface area contributed by atoms with Crippen molar-refractivity contribution in [3.63, 3.8) is 0 Å².